The van der Waals surface area contributed by atoms with Crippen LogP contribution in [0.5, 0.6) is 0 Å². The summed E-state index contributed by atoms with van der Waals surface area (Å²) < 4.78 is 0. The number of rotatable bonds is 6. The summed E-state index contributed by atoms with van der Waals surface area (Å²) in [6.45, 7) is 2.02. The van der Waals surface area contributed by atoms with Gasteiger partial charge in [-0.15, -0.1) is 0 Å². The standard InChI is InChI=1S/C19H20ClN3O2S/c1-2-3-10-17(24)23-19(26)22-15-8-4-6-13(11-15)18(25)21-16-9-5-7-14(20)12-16/h4-9,11-12H,2-3,10H2,1H3,(H,21,25)(H2,22,23,24,26). The molecule has 5 nitrogen and oxygen atoms in total. The fourth-order valence-corrected chi connectivity index (χ4v) is 2.62. The average molecular weight is 390 g/mol. The van der Waals surface area contributed by atoms with E-state index in [4.69, 9.17) is 23.8 Å². The summed E-state index contributed by atoms with van der Waals surface area (Å²) >= 11 is 11.1. The topological polar surface area (TPSA) is 70.2 Å². The van der Waals surface area contributed by atoms with Gasteiger partial charge in [-0.1, -0.05) is 37.1 Å². The van der Waals surface area contributed by atoms with Crippen LogP contribution in [0.25, 0.3) is 0 Å². The molecular formula is C19H20ClN3O2S. The summed E-state index contributed by atoms with van der Waals surface area (Å²) in [4.78, 5) is 24.1. The third-order valence-electron chi connectivity index (χ3n) is 3.48. The monoisotopic (exact) mass is 389 g/mol. The molecule has 2 amide bonds. The predicted octanol–water partition coefficient (Wildman–Crippen LogP) is 4.60. The third-order valence-corrected chi connectivity index (χ3v) is 3.91. The normalized spacial score (nSPS) is 10.1. The van der Waals surface area contributed by atoms with Crippen molar-refractivity contribution in [1.82, 2.24) is 5.32 Å². The fourth-order valence-electron chi connectivity index (χ4n) is 2.20. The van der Waals surface area contributed by atoms with Gasteiger partial charge in [-0.3, -0.25) is 9.59 Å². The van der Waals surface area contributed by atoms with Crippen molar-refractivity contribution in [2.75, 3.05) is 10.6 Å². The molecule has 2 aromatic carbocycles. The molecule has 2 aromatic rings. The van der Waals surface area contributed by atoms with E-state index < -0.39 is 0 Å². The van der Waals surface area contributed by atoms with Crippen molar-refractivity contribution in [2.24, 2.45) is 0 Å². The smallest absolute Gasteiger partial charge is 0.255 e. The molecule has 0 radical (unpaired) electrons. The maximum Gasteiger partial charge on any atom is 0.255 e. The van der Waals surface area contributed by atoms with Crippen LogP contribution in [0.1, 0.15) is 36.5 Å². The van der Waals surface area contributed by atoms with Crippen molar-refractivity contribution in [1.29, 1.82) is 0 Å². The lowest BCUT2D eigenvalue weighted by atomic mass is 10.2. The van der Waals surface area contributed by atoms with E-state index in [1.807, 2.05) is 6.92 Å². The summed E-state index contributed by atoms with van der Waals surface area (Å²) in [6, 6.07) is 13.8. The van der Waals surface area contributed by atoms with Gasteiger partial charge < -0.3 is 16.0 Å². The molecule has 0 unspecified atom stereocenters. The maximum atomic E-state index is 12.4. The molecular weight excluding hydrogens is 370 g/mol. The van der Waals surface area contributed by atoms with Crippen molar-refractivity contribution in [3.05, 3.63) is 59.1 Å². The lowest BCUT2D eigenvalue weighted by Crippen LogP contribution is -2.33. The van der Waals surface area contributed by atoms with Gasteiger partial charge in [0.1, 0.15) is 0 Å². The molecule has 26 heavy (non-hydrogen) atoms. The van der Waals surface area contributed by atoms with Crippen LogP contribution in [-0.2, 0) is 4.79 Å². The van der Waals surface area contributed by atoms with Gasteiger partial charge in [0.15, 0.2) is 5.11 Å². The van der Waals surface area contributed by atoms with Crippen molar-refractivity contribution in [3.8, 4) is 0 Å². The number of hydrogen-bond acceptors (Lipinski definition) is 3. The van der Waals surface area contributed by atoms with Crippen LogP contribution in [0.4, 0.5) is 11.4 Å². The second-order valence-electron chi connectivity index (χ2n) is 5.65. The van der Waals surface area contributed by atoms with E-state index >= 15 is 0 Å². The van der Waals surface area contributed by atoms with E-state index in [-0.39, 0.29) is 16.9 Å². The van der Waals surface area contributed by atoms with Crippen molar-refractivity contribution < 1.29 is 9.59 Å². The third kappa shape index (κ3) is 6.46. The highest BCUT2D eigenvalue weighted by Gasteiger charge is 2.09. The molecule has 7 heteroatoms. The van der Waals surface area contributed by atoms with Crippen molar-refractivity contribution in [2.45, 2.75) is 26.2 Å². The van der Waals surface area contributed by atoms with Crippen molar-refractivity contribution >= 4 is 52.1 Å². The molecule has 3 N–H and O–H groups in total. The Morgan fingerprint density at radius 2 is 1.73 bits per heavy atom. The van der Waals surface area contributed by atoms with Crippen LogP contribution in [0, 0.1) is 0 Å². The summed E-state index contributed by atoms with van der Waals surface area (Å²) in [5.41, 5.74) is 1.68. The highest BCUT2D eigenvalue weighted by Crippen LogP contribution is 2.17. The number of halogens is 1. The van der Waals surface area contributed by atoms with E-state index in [1.165, 1.54) is 0 Å². The van der Waals surface area contributed by atoms with Gasteiger partial charge in [-0.25, -0.2) is 0 Å². The first-order chi connectivity index (χ1) is 12.5. The molecule has 136 valence electrons. The number of nitrogens with one attached hydrogen (secondary N) is 3. The second kappa shape index (κ2) is 9.89. The summed E-state index contributed by atoms with van der Waals surface area (Å²) in [7, 11) is 0. The Balaban J connectivity index is 1.97. The van der Waals surface area contributed by atoms with Gasteiger partial charge in [-0.05, 0) is 55.0 Å². The Bertz CT molecular complexity index is 811. The van der Waals surface area contributed by atoms with Crippen LogP contribution in [0.15, 0.2) is 48.5 Å². The zero-order valence-corrected chi connectivity index (χ0v) is 15.9. The average Bonchev–Trinajstić information content (AvgIpc) is 2.60. The van der Waals surface area contributed by atoms with E-state index in [0.29, 0.717) is 28.4 Å². The van der Waals surface area contributed by atoms with Gasteiger partial charge in [-0.2, -0.15) is 0 Å². The minimum Gasteiger partial charge on any atom is -0.332 e. The van der Waals surface area contributed by atoms with Crippen LogP contribution in [0.2, 0.25) is 5.02 Å². The first kappa shape index (κ1) is 19.9. The van der Waals surface area contributed by atoms with E-state index in [1.54, 1.807) is 48.5 Å². The molecule has 0 spiro atoms. The molecule has 2 rings (SSSR count). The Kier molecular flexibility index (Phi) is 7.56. The van der Waals surface area contributed by atoms with Crippen LogP contribution in [0.3, 0.4) is 0 Å². The van der Waals surface area contributed by atoms with Crippen LogP contribution < -0.4 is 16.0 Å². The molecule has 0 bridgehead atoms. The summed E-state index contributed by atoms with van der Waals surface area (Å²) in [5.74, 6) is -0.395. The molecule has 0 fully saturated rings. The van der Waals surface area contributed by atoms with Gasteiger partial charge in [0.25, 0.3) is 5.91 Å². The molecule has 0 aliphatic carbocycles. The first-order valence-corrected chi connectivity index (χ1v) is 9.04. The van der Waals surface area contributed by atoms with Gasteiger partial charge in [0.2, 0.25) is 5.91 Å². The maximum absolute atomic E-state index is 12.4. The number of unbranched alkanes of at least 4 members (excludes halogenated alkanes) is 1. The van der Waals surface area contributed by atoms with E-state index in [0.717, 1.165) is 12.8 Å². The van der Waals surface area contributed by atoms with E-state index in [2.05, 4.69) is 16.0 Å². The van der Waals surface area contributed by atoms with Crippen LogP contribution in [-0.4, -0.2) is 16.9 Å². The molecule has 0 saturated heterocycles. The molecule has 0 saturated carbocycles. The molecule has 0 aliphatic rings. The minimum absolute atomic E-state index is 0.126. The largest absolute Gasteiger partial charge is 0.332 e. The predicted molar refractivity (Wildman–Crippen MR) is 110 cm³/mol. The molecule has 0 aliphatic heterocycles. The minimum atomic E-state index is -0.270. The number of anilines is 2. The Morgan fingerprint density at radius 3 is 2.42 bits per heavy atom. The second-order valence-corrected chi connectivity index (χ2v) is 6.50. The Morgan fingerprint density at radius 1 is 1.04 bits per heavy atom. The Labute approximate surface area is 163 Å². The quantitative estimate of drug-likeness (QED) is 0.631. The zero-order chi connectivity index (χ0) is 18.9. The molecule has 0 atom stereocenters. The zero-order valence-electron chi connectivity index (χ0n) is 14.3. The number of benzene rings is 2. The number of carbonyl (C=O) groups is 2. The van der Waals surface area contributed by atoms with Gasteiger partial charge in [0, 0.05) is 28.4 Å². The lowest BCUT2D eigenvalue weighted by Gasteiger charge is -2.11. The fraction of sp³-hybridized carbons (Fsp3) is 0.211. The van der Waals surface area contributed by atoms with Gasteiger partial charge in [0.05, 0.1) is 0 Å². The lowest BCUT2D eigenvalue weighted by molar-refractivity contribution is -0.119. The van der Waals surface area contributed by atoms with E-state index in [9.17, 15) is 9.59 Å². The number of amides is 2. The highest BCUT2D eigenvalue weighted by atomic mass is 35.5. The molecule has 0 heterocycles. The Hall–Kier alpha value is -2.44. The number of hydrogen-bond donors (Lipinski definition) is 3. The van der Waals surface area contributed by atoms with Gasteiger partial charge >= 0.3 is 0 Å². The van der Waals surface area contributed by atoms with Crippen LogP contribution >= 0.6 is 23.8 Å². The first-order valence-electron chi connectivity index (χ1n) is 8.25. The summed E-state index contributed by atoms with van der Waals surface area (Å²) in [5, 5.41) is 9.07. The highest BCUT2D eigenvalue weighted by molar-refractivity contribution is 7.80. The molecule has 0 aromatic heterocycles. The van der Waals surface area contributed by atoms with Crippen molar-refractivity contribution in [3.63, 3.8) is 0 Å². The number of carbonyl (C=O) groups excluding carboxylic acids is 2. The number of thiocarbonyl (C=S) groups is 1. The SMILES string of the molecule is CCCCC(=O)NC(=S)Nc1cccc(C(=O)Nc2cccc(Cl)c2)c1. The summed E-state index contributed by atoms with van der Waals surface area (Å²) in [6.07, 6.45) is 2.19.